The van der Waals surface area contributed by atoms with Gasteiger partial charge in [0.15, 0.2) is 11.5 Å². The van der Waals surface area contributed by atoms with Crippen LogP contribution in [0.3, 0.4) is 0 Å². The highest BCUT2D eigenvalue weighted by molar-refractivity contribution is 7.12. The number of thiophene rings is 1. The van der Waals surface area contributed by atoms with Gasteiger partial charge in [0.2, 0.25) is 0 Å². The predicted molar refractivity (Wildman–Crippen MR) is 117 cm³/mol. The zero-order valence-corrected chi connectivity index (χ0v) is 18.6. The minimum absolute atomic E-state index is 0.133. The summed E-state index contributed by atoms with van der Waals surface area (Å²) in [6, 6.07) is 6.91. The van der Waals surface area contributed by atoms with Crippen LogP contribution in [0.15, 0.2) is 41.8 Å². The fourth-order valence-electron chi connectivity index (χ4n) is 3.61. The Balaban J connectivity index is 1.79. The number of methoxy groups -OCH3 is 2. The molecule has 0 aliphatic heterocycles. The van der Waals surface area contributed by atoms with E-state index in [1.165, 1.54) is 11.3 Å². The zero-order valence-electron chi connectivity index (χ0n) is 17.0. The van der Waals surface area contributed by atoms with Gasteiger partial charge in [0.1, 0.15) is 4.88 Å². The molecule has 0 fully saturated rings. The molecular formula is C22H24ClNO5S. The largest absolute Gasteiger partial charge is 0.493 e. The molecule has 160 valence electrons. The van der Waals surface area contributed by atoms with Crippen LogP contribution in [0.25, 0.3) is 0 Å². The zero-order chi connectivity index (χ0) is 21.7. The van der Waals surface area contributed by atoms with Gasteiger partial charge in [-0.2, -0.15) is 0 Å². The molecule has 0 radical (unpaired) electrons. The summed E-state index contributed by atoms with van der Waals surface area (Å²) in [4.78, 5) is 25.8. The lowest BCUT2D eigenvalue weighted by atomic mass is 9.85. The standard InChI is InChI=1S/C22H24ClNO5S/c1-4-29-22(26)19(14-6-8-17(27-2)18(12-14)28-3)13-5-7-15(11-13)24-21(25)20-16(23)9-10-30-20/h5-10,12-13,15,19H,4,11H2,1-3H3,(H,24,25). The van der Waals surface area contributed by atoms with Crippen molar-refractivity contribution < 1.29 is 23.8 Å². The lowest BCUT2D eigenvalue weighted by Gasteiger charge is -2.23. The monoisotopic (exact) mass is 449 g/mol. The third-order valence-electron chi connectivity index (χ3n) is 4.99. The highest BCUT2D eigenvalue weighted by Gasteiger charge is 2.35. The van der Waals surface area contributed by atoms with Gasteiger partial charge < -0.3 is 19.5 Å². The highest BCUT2D eigenvalue weighted by Crippen LogP contribution is 2.38. The summed E-state index contributed by atoms with van der Waals surface area (Å²) in [7, 11) is 3.12. The van der Waals surface area contributed by atoms with Crippen LogP contribution in [0.4, 0.5) is 0 Å². The second-order valence-corrected chi connectivity index (χ2v) is 8.13. The third kappa shape index (κ3) is 4.79. The van der Waals surface area contributed by atoms with E-state index in [2.05, 4.69) is 5.32 Å². The molecule has 3 unspecified atom stereocenters. The summed E-state index contributed by atoms with van der Waals surface area (Å²) >= 11 is 7.35. The SMILES string of the molecule is CCOC(=O)C(c1ccc(OC)c(OC)c1)C1C=CC(NC(=O)c2sccc2Cl)C1. The van der Waals surface area contributed by atoms with Crippen LogP contribution < -0.4 is 14.8 Å². The molecule has 1 aromatic heterocycles. The Bertz CT molecular complexity index is 941. The second kappa shape index (κ2) is 10.00. The van der Waals surface area contributed by atoms with Crippen molar-refractivity contribution >= 4 is 34.8 Å². The molecule has 6 nitrogen and oxygen atoms in total. The molecule has 1 aliphatic carbocycles. The average molecular weight is 450 g/mol. The Morgan fingerprint density at radius 1 is 1.20 bits per heavy atom. The maximum Gasteiger partial charge on any atom is 0.314 e. The Hall–Kier alpha value is -2.51. The molecule has 2 aromatic rings. The average Bonchev–Trinajstić information content (AvgIpc) is 3.37. The number of allylic oxidation sites excluding steroid dienone is 1. The number of carbonyl (C=O) groups is 2. The quantitative estimate of drug-likeness (QED) is 0.476. The fourth-order valence-corrected chi connectivity index (χ4v) is 4.65. The summed E-state index contributed by atoms with van der Waals surface area (Å²) in [6.07, 6.45) is 4.45. The molecule has 30 heavy (non-hydrogen) atoms. The Morgan fingerprint density at radius 3 is 2.60 bits per heavy atom. The van der Waals surface area contributed by atoms with Crippen LogP contribution in [-0.2, 0) is 9.53 Å². The first kappa shape index (κ1) is 22.2. The summed E-state index contributed by atoms with van der Waals surface area (Å²) < 4.78 is 16.0. The molecule has 0 spiro atoms. The first-order valence-corrected chi connectivity index (χ1v) is 10.8. The van der Waals surface area contributed by atoms with Crippen molar-refractivity contribution in [2.75, 3.05) is 20.8 Å². The molecular weight excluding hydrogens is 426 g/mol. The van der Waals surface area contributed by atoms with E-state index in [-0.39, 0.29) is 30.4 Å². The van der Waals surface area contributed by atoms with E-state index < -0.39 is 5.92 Å². The molecule has 0 saturated carbocycles. The number of esters is 1. The topological polar surface area (TPSA) is 73.9 Å². The van der Waals surface area contributed by atoms with Gasteiger partial charge in [0, 0.05) is 6.04 Å². The van der Waals surface area contributed by atoms with Crippen LogP contribution in [-0.4, -0.2) is 38.7 Å². The first-order chi connectivity index (χ1) is 14.5. The van der Waals surface area contributed by atoms with E-state index in [0.29, 0.717) is 27.8 Å². The van der Waals surface area contributed by atoms with Gasteiger partial charge in [-0.05, 0) is 48.4 Å². The van der Waals surface area contributed by atoms with Gasteiger partial charge >= 0.3 is 5.97 Å². The number of benzene rings is 1. The van der Waals surface area contributed by atoms with E-state index in [1.807, 2.05) is 18.2 Å². The van der Waals surface area contributed by atoms with Crippen molar-refractivity contribution in [2.24, 2.45) is 5.92 Å². The van der Waals surface area contributed by atoms with Gasteiger partial charge in [-0.1, -0.05) is 29.8 Å². The number of nitrogens with one attached hydrogen (secondary N) is 1. The molecule has 1 aliphatic rings. The van der Waals surface area contributed by atoms with Crippen LogP contribution in [0, 0.1) is 5.92 Å². The second-order valence-electron chi connectivity index (χ2n) is 6.81. The minimum Gasteiger partial charge on any atom is -0.493 e. The van der Waals surface area contributed by atoms with Gasteiger partial charge in [0.25, 0.3) is 5.91 Å². The Labute approximate surface area is 184 Å². The van der Waals surface area contributed by atoms with Gasteiger partial charge in [-0.25, -0.2) is 0 Å². The summed E-state index contributed by atoms with van der Waals surface area (Å²) in [5.41, 5.74) is 0.772. The van der Waals surface area contributed by atoms with Gasteiger partial charge in [-0.15, -0.1) is 11.3 Å². The molecule has 0 bridgehead atoms. The molecule has 8 heteroatoms. The maximum absolute atomic E-state index is 12.8. The van der Waals surface area contributed by atoms with Crippen molar-refractivity contribution in [3.05, 3.63) is 57.3 Å². The predicted octanol–water partition coefficient (Wildman–Crippen LogP) is 4.44. The third-order valence-corrected chi connectivity index (χ3v) is 6.33. The lowest BCUT2D eigenvalue weighted by Crippen LogP contribution is -2.33. The number of ether oxygens (including phenoxy) is 3. The van der Waals surface area contributed by atoms with Crippen molar-refractivity contribution in [3.63, 3.8) is 0 Å². The number of amides is 1. The first-order valence-electron chi connectivity index (χ1n) is 9.59. The summed E-state index contributed by atoms with van der Waals surface area (Å²) in [5, 5.41) is 5.19. The van der Waals surface area contributed by atoms with Gasteiger partial charge in [-0.3, -0.25) is 9.59 Å². The molecule has 0 saturated heterocycles. The van der Waals surface area contributed by atoms with E-state index in [4.69, 9.17) is 25.8 Å². The van der Waals surface area contributed by atoms with E-state index in [0.717, 1.165) is 5.56 Å². The molecule has 1 aromatic carbocycles. The minimum atomic E-state index is -0.520. The Morgan fingerprint density at radius 2 is 1.97 bits per heavy atom. The normalized spacial score (nSPS) is 18.7. The Kier molecular flexibility index (Phi) is 7.39. The fraction of sp³-hybridized carbons (Fsp3) is 0.364. The summed E-state index contributed by atoms with van der Waals surface area (Å²) in [5.74, 6) is -0.0523. The van der Waals surface area contributed by atoms with Gasteiger partial charge in [0.05, 0.1) is 31.8 Å². The highest BCUT2D eigenvalue weighted by atomic mass is 35.5. The van der Waals surface area contributed by atoms with Crippen LogP contribution in [0.2, 0.25) is 5.02 Å². The van der Waals surface area contributed by atoms with Crippen molar-refractivity contribution in [1.82, 2.24) is 5.32 Å². The van der Waals surface area contributed by atoms with Crippen LogP contribution >= 0.6 is 22.9 Å². The number of halogens is 1. The maximum atomic E-state index is 12.8. The van der Waals surface area contributed by atoms with Crippen LogP contribution in [0.5, 0.6) is 11.5 Å². The number of carbonyl (C=O) groups excluding carboxylic acids is 2. The van der Waals surface area contributed by atoms with E-state index in [1.54, 1.807) is 44.7 Å². The number of rotatable bonds is 8. The molecule has 1 amide bonds. The molecule has 1 N–H and O–H groups in total. The van der Waals surface area contributed by atoms with Crippen molar-refractivity contribution in [1.29, 1.82) is 0 Å². The van der Waals surface area contributed by atoms with Crippen LogP contribution in [0.1, 0.15) is 34.5 Å². The molecule has 3 rings (SSSR count). The lowest BCUT2D eigenvalue weighted by molar-refractivity contribution is -0.146. The number of hydrogen-bond donors (Lipinski definition) is 1. The van der Waals surface area contributed by atoms with Crippen molar-refractivity contribution in [3.8, 4) is 11.5 Å². The van der Waals surface area contributed by atoms with E-state index >= 15 is 0 Å². The number of hydrogen-bond acceptors (Lipinski definition) is 6. The smallest absolute Gasteiger partial charge is 0.314 e. The summed E-state index contributed by atoms with van der Waals surface area (Å²) in [6.45, 7) is 2.07. The molecule has 1 heterocycles. The van der Waals surface area contributed by atoms with E-state index in [9.17, 15) is 9.59 Å². The van der Waals surface area contributed by atoms with Crippen molar-refractivity contribution in [2.45, 2.75) is 25.3 Å². The molecule has 3 atom stereocenters.